The summed E-state index contributed by atoms with van der Waals surface area (Å²) in [6.07, 6.45) is 0. The normalized spacial score (nSPS) is 9.55. The summed E-state index contributed by atoms with van der Waals surface area (Å²) in [5, 5.41) is 14.0. The second-order valence-corrected chi connectivity index (χ2v) is 4.20. The fourth-order valence-electron chi connectivity index (χ4n) is 1.88. The van der Waals surface area contributed by atoms with Gasteiger partial charge in [0.15, 0.2) is 0 Å². The van der Waals surface area contributed by atoms with Gasteiger partial charge in [0.1, 0.15) is 6.54 Å². The molecule has 1 amide bonds. The standard InChI is InChI=1S/C16H15N3O/c17-10-11-18-16(20)12-19-15-9-5-4-8-14(15)13-6-2-1-3-7-13/h1-9,19H,11-12H2,(H,18,20). The summed E-state index contributed by atoms with van der Waals surface area (Å²) in [5.41, 5.74) is 3.03. The van der Waals surface area contributed by atoms with Gasteiger partial charge in [-0.3, -0.25) is 4.79 Å². The number of amides is 1. The second kappa shape index (κ2) is 6.95. The summed E-state index contributed by atoms with van der Waals surface area (Å²) in [6.45, 7) is 0.173. The van der Waals surface area contributed by atoms with Crippen molar-refractivity contribution in [3.8, 4) is 17.2 Å². The average molecular weight is 265 g/mol. The van der Waals surface area contributed by atoms with E-state index in [9.17, 15) is 4.79 Å². The predicted octanol–water partition coefficient (Wildman–Crippen LogP) is 2.41. The Morgan fingerprint density at radius 3 is 2.50 bits per heavy atom. The maximum absolute atomic E-state index is 11.5. The smallest absolute Gasteiger partial charge is 0.240 e. The van der Waals surface area contributed by atoms with E-state index in [4.69, 9.17) is 5.26 Å². The Labute approximate surface area is 118 Å². The number of hydrogen-bond donors (Lipinski definition) is 2. The van der Waals surface area contributed by atoms with E-state index in [0.29, 0.717) is 0 Å². The van der Waals surface area contributed by atoms with Crippen LogP contribution >= 0.6 is 0 Å². The number of nitrogens with zero attached hydrogens (tertiary/aromatic N) is 1. The Kier molecular flexibility index (Phi) is 4.74. The molecule has 0 fully saturated rings. The highest BCUT2D eigenvalue weighted by molar-refractivity contribution is 5.84. The van der Waals surface area contributed by atoms with Crippen molar-refractivity contribution < 1.29 is 4.79 Å². The summed E-state index contributed by atoms with van der Waals surface area (Å²) in [6, 6.07) is 19.7. The van der Waals surface area contributed by atoms with Gasteiger partial charge in [0.25, 0.3) is 0 Å². The van der Waals surface area contributed by atoms with Crippen molar-refractivity contribution in [1.82, 2.24) is 5.32 Å². The van der Waals surface area contributed by atoms with Gasteiger partial charge in [-0.1, -0.05) is 48.5 Å². The highest BCUT2D eigenvalue weighted by atomic mass is 16.1. The molecule has 0 heterocycles. The number of nitriles is 1. The summed E-state index contributed by atoms with van der Waals surface area (Å²) in [4.78, 5) is 11.5. The van der Waals surface area contributed by atoms with Gasteiger partial charge in [0.2, 0.25) is 5.91 Å². The van der Waals surface area contributed by atoms with E-state index >= 15 is 0 Å². The SMILES string of the molecule is N#CCNC(=O)CNc1ccccc1-c1ccccc1. The molecule has 2 rings (SSSR count). The van der Waals surface area contributed by atoms with Crippen LogP contribution in [0.15, 0.2) is 54.6 Å². The van der Waals surface area contributed by atoms with E-state index in [2.05, 4.69) is 10.6 Å². The molecule has 4 heteroatoms. The first-order valence-electron chi connectivity index (χ1n) is 6.33. The molecule has 0 aliphatic heterocycles. The molecule has 100 valence electrons. The van der Waals surface area contributed by atoms with Crippen LogP contribution in [-0.4, -0.2) is 19.0 Å². The number of anilines is 1. The molecular weight excluding hydrogens is 250 g/mol. The Morgan fingerprint density at radius 1 is 1.05 bits per heavy atom. The minimum atomic E-state index is -0.200. The third kappa shape index (κ3) is 3.59. The zero-order valence-corrected chi connectivity index (χ0v) is 11.0. The van der Waals surface area contributed by atoms with Gasteiger partial charge in [0.05, 0.1) is 12.6 Å². The molecule has 20 heavy (non-hydrogen) atoms. The van der Waals surface area contributed by atoms with Crippen molar-refractivity contribution in [1.29, 1.82) is 5.26 Å². The van der Waals surface area contributed by atoms with Gasteiger partial charge in [-0.15, -0.1) is 0 Å². The highest BCUT2D eigenvalue weighted by Crippen LogP contribution is 2.27. The number of hydrogen-bond acceptors (Lipinski definition) is 3. The van der Waals surface area contributed by atoms with Gasteiger partial charge in [0, 0.05) is 11.3 Å². The van der Waals surface area contributed by atoms with Crippen LogP contribution in [0.5, 0.6) is 0 Å². The lowest BCUT2D eigenvalue weighted by molar-refractivity contribution is -0.119. The lowest BCUT2D eigenvalue weighted by atomic mass is 10.0. The van der Waals surface area contributed by atoms with E-state index in [1.54, 1.807) is 0 Å². The maximum Gasteiger partial charge on any atom is 0.240 e. The first-order valence-corrected chi connectivity index (χ1v) is 6.33. The lowest BCUT2D eigenvalue weighted by Gasteiger charge is -2.11. The van der Waals surface area contributed by atoms with Crippen LogP contribution in [0.25, 0.3) is 11.1 Å². The van der Waals surface area contributed by atoms with Crippen molar-refractivity contribution in [2.24, 2.45) is 0 Å². The fourth-order valence-corrected chi connectivity index (χ4v) is 1.88. The van der Waals surface area contributed by atoms with Crippen LogP contribution in [0, 0.1) is 11.3 Å². The van der Waals surface area contributed by atoms with Crippen molar-refractivity contribution >= 4 is 11.6 Å². The van der Waals surface area contributed by atoms with Crippen LogP contribution < -0.4 is 10.6 Å². The number of nitrogens with one attached hydrogen (secondary N) is 2. The van der Waals surface area contributed by atoms with Crippen molar-refractivity contribution in [3.05, 3.63) is 54.6 Å². The van der Waals surface area contributed by atoms with Gasteiger partial charge in [-0.05, 0) is 11.6 Å². The van der Waals surface area contributed by atoms with Gasteiger partial charge in [-0.25, -0.2) is 0 Å². The molecule has 0 aliphatic carbocycles. The summed E-state index contributed by atoms with van der Waals surface area (Å²) in [5.74, 6) is -0.200. The number of rotatable bonds is 5. The molecule has 0 aliphatic rings. The second-order valence-electron chi connectivity index (χ2n) is 4.20. The first kappa shape index (κ1) is 13.6. The monoisotopic (exact) mass is 265 g/mol. The van der Waals surface area contributed by atoms with Crippen molar-refractivity contribution in [2.75, 3.05) is 18.4 Å². The summed E-state index contributed by atoms with van der Waals surface area (Å²) in [7, 11) is 0. The van der Waals surface area contributed by atoms with E-state index in [1.165, 1.54) is 0 Å². The molecule has 0 bridgehead atoms. The maximum atomic E-state index is 11.5. The summed E-state index contributed by atoms with van der Waals surface area (Å²) >= 11 is 0. The number of carbonyl (C=O) groups excluding carboxylic acids is 1. The fraction of sp³-hybridized carbons (Fsp3) is 0.125. The molecular formula is C16H15N3O. The number of para-hydroxylation sites is 1. The molecule has 2 aromatic carbocycles. The Hall–Kier alpha value is -2.80. The molecule has 2 aromatic rings. The van der Waals surface area contributed by atoms with Gasteiger partial charge < -0.3 is 10.6 Å². The lowest BCUT2D eigenvalue weighted by Crippen LogP contribution is -2.30. The van der Waals surface area contributed by atoms with Crippen molar-refractivity contribution in [3.63, 3.8) is 0 Å². The minimum Gasteiger partial charge on any atom is -0.376 e. The molecule has 0 radical (unpaired) electrons. The van der Waals surface area contributed by atoms with Crippen LogP contribution in [0.4, 0.5) is 5.69 Å². The van der Waals surface area contributed by atoms with Crippen LogP contribution in [0.3, 0.4) is 0 Å². The number of benzene rings is 2. The largest absolute Gasteiger partial charge is 0.376 e. The average Bonchev–Trinajstić information content (AvgIpc) is 2.52. The zero-order valence-electron chi connectivity index (χ0n) is 11.0. The van der Waals surface area contributed by atoms with Gasteiger partial charge >= 0.3 is 0 Å². The van der Waals surface area contributed by atoms with Crippen LogP contribution in [0.1, 0.15) is 0 Å². The van der Waals surface area contributed by atoms with Crippen LogP contribution in [-0.2, 0) is 4.79 Å². The van der Waals surface area contributed by atoms with E-state index in [1.807, 2.05) is 60.7 Å². The topological polar surface area (TPSA) is 64.9 Å². The molecule has 4 nitrogen and oxygen atoms in total. The van der Waals surface area contributed by atoms with E-state index < -0.39 is 0 Å². The van der Waals surface area contributed by atoms with Crippen LogP contribution in [0.2, 0.25) is 0 Å². The quantitative estimate of drug-likeness (QED) is 0.816. The molecule has 0 saturated heterocycles. The molecule has 0 aromatic heterocycles. The Bertz CT molecular complexity index is 617. The first-order chi connectivity index (χ1) is 9.81. The summed E-state index contributed by atoms with van der Waals surface area (Å²) < 4.78 is 0. The molecule has 2 N–H and O–H groups in total. The molecule has 0 unspecified atom stereocenters. The molecule has 0 atom stereocenters. The third-order valence-electron chi connectivity index (χ3n) is 2.82. The van der Waals surface area contributed by atoms with Gasteiger partial charge in [-0.2, -0.15) is 5.26 Å². The highest BCUT2D eigenvalue weighted by Gasteiger charge is 2.05. The molecule has 0 saturated carbocycles. The zero-order chi connectivity index (χ0) is 14.2. The Balaban J connectivity index is 2.10. The Morgan fingerprint density at radius 2 is 1.75 bits per heavy atom. The van der Waals surface area contributed by atoms with E-state index in [-0.39, 0.29) is 19.0 Å². The van der Waals surface area contributed by atoms with E-state index in [0.717, 1.165) is 16.8 Å². The van der Waals surface area contributed by atoms with Crippen molar-refractivity contribution in [2.45, 2.75) is 0 Å². The molecule has 0 spiro atoms. The minimum absolute atomic E-state index is 0.0286. The third-order valence-corrected chi connectivity index (χ3v) is 2.82. The number of carbonyl (C=O) groups is 1. The predicted molar refractivity (Wildman–Crippen MR) is 79.0 cm³/mol.